The molecule has 0 saturated carbocycles. The second-order valence-corrected chi connectivity index (χ2v) is 7.01. The second-order valence-electron chi connectivity index (χ2n) is 7.01. The van der Waals surface area contributed by atoms with Crippen molar-refractivity contribution in [3.63, 3.8) is 0 Å². The third kappa shape index (κ3) is 11.0. The minimum Gasteiger partial charge on any atom is -0.444 e. The van der Waals surface area contributed by atoms with Crippen molar-refractivity contribution in [3.8, 4) is 0 Å². The Labute approximate surface area is 179 Å². The first-order valence-corrected chi connectivity index (χ1v) is 9.09. The summed E-state index contributed by atoms with van der Waals surface area (Å²) in [7, 11) is 1.83. The van der Waals surface area contributed by atoms with Crippen LogP contribution in [-0.4, -0.2) is 51.5 Å². The Morgan fingerprint density at radius 3 is 2.56 bits per heavy atom. The highest BCUT2D eigenvalue weighted by Gasteiger charge is 2.19. The first-order valence-electron chi connectivity index (χ1n) is 9.09. The fourth-order valence-electron chi connectivity index (χ4n) is 2.22. The summed E-state index contributed by atoms with van der Waals surface area (Å²) in [5.41, 5.74) is -0.513. The number of nitrogens with zero attached hydrogens (tertiary/aromatic N) is 4. The van der Waals surface area contributed by atoms with Crippen molar-refractivity contribution in [2.24, 2.45) is 12.0 Å². The Kier molecular flexibility index (Phi) is 12.0. The molecule has 0 aromatic carbocycles. The summed E-state index contributed by atoms with van der Waals surface area (Å²) in [5.74, 6) is 1.45. The third-order valence-corrected chi connectivity index (χ3v) is 3.40. The average molecular weight is 495 g/mol. The van der Waals surface area contributed by atoms with Crippen LogP contribution in [0.4, 0.5) is 4.79 Å². The number of alkyl carbamates (subject to hydrolysis) is 1. The quantitative estimate of drug-likeness (QED) is 0.290. The van der Waals surface area contributed by atoms with Gasteiger partial charge in [-0.15, -0.1) is 24.0 Å². The molecule has 0 aliphatic carbocycles. The van der Waals surface area contributed by atoms with Crippen LogP contribution in [0.3, 0.4) is 0 Å². The van der Waals surface area contributed by atoms with Crippen LogP contribution in [0, 0.1) is 0 Å². The molecular formula is C17H34IN7O2. The lowest BCUT2D eigenvalue weighted by Crippen LogP contribution is -2.48. The van der Waals surface area contributed by atoms with Crippen LogP contribution in [-0.2, 0) is 18.3 Å². The van der Waals surface area contributed by atoms with Gasteiger partial charge in [-0.1, -0.05) is 13.3 Å². The molecule has 27 heavy (non-hydrogen) atoms. The van der Waals surface area contributed by atoms with Gasteiger partial charge in [-0.3, -0.25) is 4.68 Å². The highest BCUT2D eigenvalue weighted by atomic mass is 127. The molecule has 10 heteroatoms. The zero-order chi connectivity index (χ0) is 19.6. The molecule has 3 N–H and O–H groups in total. The molecule has 0 aliphatic rings. The van der Waals surface area contributed by atoms with Crippen LogP contribution in [0.2, 0.25) is 0 Å². The summed E-state index contributed by atoms with van der Waals surface area (Å²) in [6.45, 7) is 11.3. The van der Waals surface area contributed by atoms with Crippen molar-refractivity contribution in [1.29, 1.82) is 0 Å². The Balaban J connectivity index is 0.00000676. The molecule has 9 nitrogen and oxygen atoms in total. The summed E-state index contributed by atoms with van der Waals surface area (Å²) in [6, 6.07) is -0.0477. The largest absolute Gasteiger partial charge is 0.444 e. The maximum atomic E-state index is 12.0. The Morgan fingerprint density at radius 2 is 2.04 bits per heavy atom. The third-order valence-electron chi connectivity index (χ3n) is 3.40. The van der Waals surface area contributed by atoms with Gasteiger partial charge in [-0.25, -0.2) is 14.8 Å². The van der Waals surface area contributed by atoms with E-state index in [1.807, 2.05) is 34.7 Å². The molecule has 1 amide bonds. The molecular weight excluding hydrogens is 461 g/mol. The molecule has 0 spiro atoms. The monoisotopic (exact) mass is 495 g/mol. The molecule has 1 atom stereocenters. The van der Waals surface area contributed by atoms with E-state index in [4.69, 9.17) is 4.74 Å². The number of aromatic nitrogens is 3. The van der Waals surface area contributed by atoms with Gasteiger partial charge in [0.25, 0.3) is 0 Å². The fourth-order valence-corrected chi connectivity index (χ4v) is 2.22. The van der Waals surface area contributed by atoms with Crippen molar-refractivity contribution >= 4 is 36.0 Å². The molecule has 0 bridgehead atoms. The molecule has 1 heterocycles. The standard InChI is InChI=1S/C17H33N7O2.HI/c1-7-9-13(23-16(25)26-17(3,4)5)10-19-15(18-8-2)20-11-14-21-12-22-24(14)6;/h12-13H,7-11H2,1-6H3,(H,23,25)(H2,18,19,20);1H. The van der Waals surface area contributed by atoms with E-state index in [0.29, 0.717) is 19.0 Å². The molecule has 1 unspecified atom stereocenters. The van der Waals surface area contributed by atoms with Crippen LogP contribution in [0.25, 0.3) is 0 Å². The predicted molar refractivity (Wildman–Crippen MR) is 117 cm³/mol. The van der Waals surface area contributed by atoms with E-state index in [1.54, 1.807) is 4.68 Å². The van der Waals surface area contributed by atoms with Gasteiger partial charge in [0.2, 0.25) is 0 Å². The fraction of sp³-hybridized carbons (Fsp3) is 0.765. The number of guanidine groups is 1. The topological polar surface area (TPSA) is 105 Å². The number of hydrogen-bond donors (Lipinski definition) is 3. The minimum atomic E-state index is -0.513. The zero-order valence-corrected chi connectivity index (χ0v) is 19.5. The maximum Gasteiger partial charge on any atom is 0.407 e. The van der Waals surface area contributed by atoms with Crippen molar-refractivity contribution in [3.05, 3.63) is 12.2 Å². The van der Waals surface area contributed by atoms with Gasteiger partial charge in [-0.05, 0) is 34.1 Å². The zero-order valence-electron chi connectivity index (χ0n) is 17.2. The number of nitrogens with one attached hydrogen (secondary N) is 3. The van der Waals surface area contributed by atoms with Crippen molar-refractivity contribution in [2.45, 2.75) is 65.6 Å². The molecule has 0 aliphatic heterocycles. The van der Waals surface area contributed by atoms with E-state index in [0.717, 1.165) is 25.2 Å². The summed E-state index contributed by atoms with van der Waals surface area (Å²) in [5, 5.41) is 13.4. The molecule has 1 rings (SSSR count). The number of carbonyl (C=O) groups excluding carboxylic acids is 1. The normalized spacial score (nSPS) is 12.7. The van der Waals surface area contributed by atoms with E-state index in [2.05, 4.69) is 37.9 Å². The van der Waals surface area contributed by atoms with Gasteiger partial charge >= 0.3 is 6.09 Å². The number of halogens is 1. The SMILES string of the molecule is CCCC(CNC(=NCc1ncnn1C)NCC)NC(=O)OC(C)(C)C.I. The Bertz CT molecular complexity index is 584. The first kappa shape index (κ1) is 25.4. The molecule has 0 radical (unpaired) electrons. The van der Waals surface area contributed by atoms with Crippen molar-refractivity contribution < 1.29 is 9.53 Å². The summed E-state index contributed by atoms with van der Waals surface area (Å²) < 4.78 is 7.03. The van der Waals surface area contributed by atoms with Crippen molar-refractivity contribution in [1.82, 2.24) is 30.7 Å². The molecule has 0 saturated heterocycles. The van der Waals surface area contributed by atoms with Gasteiger partial charge < -0.3 is 20.7 Å². The van der Waals surface area contributed by atoms with Gasteiger partial charge in [-0.2, -0.15) is 5.10 Å². The highest BCUT2D eigenvalue weighted by Crippen LogP contribution is 2.07. The van der Waals surface area contributed by atoms with Crippen LogP contribution in [0.1, 0.15) is 53.3 Å². The predicted octanol–water partition coefficient (Wildman–Crippen LogP) is 2.18. The minimum absolute atomic E-state index is 0. The van der Waals surface area contributed by atoms with Gasteiger partial charge in [0.05, 0.1) is 0 Å². The second kappa shape index (κ2) is 12.7. The number of carbonyl (C=O) groups is 1. The van der Waals surface area contributed by atoms with Gasteiger partial charge in [0.1, 0.15) is 24.3 Å². The average Bonchev–Trinajstić information content (AvgIpc) is 2.93. The van der Waals surface area contributed by atoms with E-state index in [-0.39, 0.29) is 30.0 Å². The number of ether oxygens (including phenoxy) is 1. The number of aliphatic imine (C=N–C) groups is 1. The van der Waals surface area contributed by atoms with Crippen LogP contribution >= 0.6 is 24.0 Å². The molecule has 156 valence electrons. The van der Waals surface area contributed by atoms with E-state index < -0.39 is 11.7 Å². The van der Waals surface area contributed by atoms with Crippen molar-refractivity contribution in [2.75, 3.05) is 13.1 Å². The number of hydrogen-bond acceptors (Lipinski definition) is 5. The molecule has 0 fully saturated rings. The number of aryl methyl sites for hydroxylation is 1. The van der Waals surface area contributed by atoms with E-state index >= 15 is 0 Å². The lowest BCUT2D eigenvalue weighted by Gasteiger charge is -2.24. The van der Waals surface area contributed by atoms with Gasteiger partial charge in [0, 0.05) is 26.2 Å². The van der Waals surface area contributed by atoms with Crippen LogP contribution < -0.4 is 16.0 Å². The number of rotatable bonds is 8. The summed E-state index contributed by atoms with van der Waals surface area (Å²) in [4.78, 5) is 20.7. The Morgan fingerprint density at radius 1 is 1.33 bits per heavy atom. The van der Waals surface area contributed by atoms with Crippen LogP contribution in [0.15, 0.2) is 11.3 Å². The van der Waals surface area contributed by atoms with E-state index in [9.17, 15) is 4.79 Å². The van der Waals surface area contributed by atoms with Crippen LogP contribution in [0.5, 0.6) is 0 Å². The Hall–Kier alpha value is -1.59. The van der Waals surface area contributed by atoms with Gasteiger partial charge in [0.15, 0.2) is 5.96 Å². The highest BCUT2D eigenvalue weighted by molar-refractivity contribution is 14.0. The molecule has 1 aromatic heterocycles. The lowest BCUT2D eigenvalue weighted by atomic mass is 10.1. The van der Waals surface area contributed by atoms with E-state index in [1.165, 1.54) is 6.33 Å². The lowest BCUT2D eigenvalue weighted by molar-refractivity contribution is 0.0502. The number of amides is 1. The first-order chi connectivity index (χ1) is 12.2. The maximum absolute atomic E-state index is 12.0. The smallest absolute Gasteiger partial charge is 0.407 e. The summed E-state index contributed by atoms with van der Waals surface area (Å²) in [6.07, 6.45) is 2.90. The summed E-state index contributed by atoms with van der Waals surface area (Å²) >= 11 is 0. The molecule has 1 aromatic rings.